The summed E-state index contributed by atoms with van der Waals surface area (Å²) in [5, 5.41) is 0.0420. The molecule has 0 aliphatic rings. The molecule has 0 aliphatic carbocycles. The van der Waals surface area contributed by atoms with Crippen LogP contribution in [0.4, 0.5) is 35.1 Å². The van der Waals surface area contributed by atoms with Crippen molar-refractivity contribution in [1.29, 1.82) is 0 Å². The molecule has 0 radical (unpaired) electrons. The Morgan fingerprint density at radius 2 is 1.63 bits per heavy atom. The molecule has 0 unspecified atom stereocenters. The first-order valence-corrected chi connectivity index (χ1v) is 12.4. The Bertz CT molecular complexity index is 1360. The van der Waals surface area contributed by atoms with Gasteiger partial charge in [-0.2, -0.15) is 35.5 Å². The largest absolute Gasteiger partial charge is 0.461 e. The molecule has 1 atom stereocenters. The van der Waals surface area contributed by atoms with Gasteiger partial charge in [0, 0.05) is 18.7 Å². The molecule has 0 spiro atoms. The van der Waals surface area contributed by atoms with Crippen LogP contribution < -0.4 is 9.46 Å². The molecular weight excluding hydrogens is 572 g/mol. The van der Waals surface area contributed by atoms with E-state index in [-0.39, 0.29) is 10.7 Å². The summed E-state index contributed by atoms with van der Waals surface area (Å²) in [4.78, 5) is 3.99. The highest BCUT2D eigenvalue weighted by atomic mass is 35.5. The molecule has 15 heteroatoms. The molecular formula is C23H17ClF8N2O3S. The number of sulfonamides is 1. The van der Waals surface area contributed by atoms with Crippen LogP contribution in [0.1, 0.15) is 16.8 Å². The maximum atomic E-state index is 14.6. The van der Waals surface area contributed by atoms with Crippen molar-refractivity contribution in [2.24, 2.45) is 0 Å². The summed E-state index contributed by atoms with van der Waals surface area (Å²) in [6.45, 7) is 0. The molecule has 2 aromatic carbocycles. The van der Waals surface area contributed by atoms with Crippen molar-refractivity contribution in [1.82, 2.24) is 9.71 Å². The van der Waals surface area contributed by atoms with Crippen molar-refractivity contribution < 1.29 is 48.3 Å². The lowest BCUT2D eigenvalue weighted by Crippen LogP contribution is -2.51. The van der Waals surface area contributed by atoms with Crippen LogP contribution in [0.2, 0.25) is 5.02 Å². The lowest BCUT2D eigenvalue weighted by atomic mass is 9.81. The smallest absolute Gasteiger partial charge is 0.428 e. The Morgan fingerprint density at radius 3 is 2.18 bits per heavy atom. The lowest BCUT2D eigenvalue weighted by Gasteiger charge is -2.35. The van der Waals surface area contributed by atoms with Gasteiger partial charge < -0.3 is 4.74 Å². The molecule has 0 saturated heterocycles. The summed E-state index contributed by atoms with van der Waals surface area (Å²) in [7, 11) is -5.28. The van der Waals surface area contributed by atoms with Crippen LogP contribution in [0.3, 0.4) is 0 Å². The van der Waals surface area contributed by atoms with E-state index in [4.69, 9.17) is 11.6 Å². The van der Waals surface area contributed by atoms with E-state index in [1.807, 2.05) is 4.72 Å². The van der Waals surface area contributed by atoms with Crippen LogP contribution in [0.15, 0.2) is 66.9 Å². The van der Waals surface area contributed by atoms with Gasteiger partial charge in [0.15, 0.2) is 5.75 Å². The zero-order valence-corrected chi connectivity index (χ0v) is 20.4. The van der Waals surface area contributed by atoms with Crippen molar-refractivity contribution >= 4 is 21.6 Å². The number of pyridine rings is 1. The number of halogens is 9. The van der Waals surface area contributed by atoms with Gasteiger partial charge in [0.1, 0.15) is 17.1 Å². The summed E-state index contributed by atoms with van der Waals surface area (Å²) in [6, 6.07) is 11.4. The van der Waals surface area contributed by atoms with E-state index in [2.05, 4.69) is 9.72 Å². The fourth-order valence-electron chi connectivity index (χ4n) is 3.60. The molecule has 206 valence electrons. The molecule has 3 aromatic rings. The second-order valence-electron chi connectivity index (χ2n) is 8.05. The number of hydrogen-bond donors (Lipinski definition) is 1. The van der Waals surface area contributed by atoms with Gasteiger partial charge in [-0.05, 0) is 35.4 Å². The molecule has 3 rings (SSSR count). The summed E-state index contributed by atoms with van der Waals surface area (Å²) in [5.74, 6) is -4.84. The average molecular weight is 589 g/mol. The minimum atomic E-state index is -5.28. The van der Waals surface area contributed by atoms with Crippen LogP contribution in [-0.2, 0) is 22.0 Å². The molecule has 0 bridgehead atoms. The number of ether oxygens (including phenoxy) is 1. The molecule has 1 N–H and O–H groups in total. The third kappa shape index (κ3) is 7.54. The van der Waals surface area contributed by atoms with Crippen molar-refractivity contribution in [2.45, 2.75) is 30.7 Å². The van der Waals surface area contributed by atoms with E-state index in [0.717, 1.165) is 12.3 Å². The van der Waals surface area contributed by atoms with Crippen LogP contribution in [0.25, 0.3) is 0 Å². The first-order chi connectivity index (χ1) is 17.5. The molecule has 38 heavy (non-hydrogen) atoms. The average Bonchev–Trinajstić information content (AvgIpc) is 2.77. The molecule has 5 nitrogen and oxygen atoms in total. The van der Waals surface area contributed by atoms with Gasteiger partial charge in [-0.15, -0.1) is 0 Å². The topological polar surface area (TPSA) is 68.3 Å². The maximum absolute atomic E-state index is 14.6. The predicted octanol–water partition coefficient (Wildman–Crippen LogP) is 6.08. The summed E-state index contributed by atoms with van der Waals surface area (Å²) >= 11 is 5.86. The quantitative estimate of drug-likeness (QED) is 0.292. The number of alkyl halides is 7. The monoisotopic (exact) mass is 588 g/mol. The molecule has 0 fully saturated rings. The highest BCUT2D eigenvalue weighted by Gasteiger charge is 2.46. The molecule has 1 aromatic heterocycles. The van der Waals surface area contributed by atoms with Gasteiger partial charge in [0.25, 0.3) is 0 Å². The Morgan fingerprint density at radius 1 is 0.974 bits per heavy atom. The van der Waals surface area contributed by atoms with Gasteiger partial charge >= 0.3 is 18.7 Å². The first kappa shape index (κ1) is 29.6. The van der Waals surface area contributed by atoms with Gasteiger partial charge in [0.2, 0.25) is 10.0 Å². The summed E-state index contributed by atoms with van der Waals surface area (Å²) in [6.07, 6.45) is -14.1. The number of aromatic nitrogens is 1. The fraction of sp³-hybridized carbons (Fsp3) is 0.261. The Labute approximate surface area is 216 Å². The highest BCUT2D eigenvalue weighted by Crippen LogP contribution is 2.38. The number of rotatable bonds is 10. The van der Waals surface area contributed by atoms with Gasteiger partial charge in [-0.1, -0.05) is 41.9 Å². The second kappa shape index (κ2) is 11.0. The van der Waals surface area contributed by atoms with E-state index in [1.165, 1.54) is 30.3 Å². The van der Waals surface area contributed by atoms with Gasteiger partial charge in [0.05, 0.1) is 10.7 Å². The lowest BCUT2D eigenvalue weighted by molar-refractivity contribution is -0.253. The van der Waals surface area contributed by atoms with Crippen molar-refractivity contribution in [3.8, 4) is 5.75 Å². The normalized spacial score (nSPS) is 14.4. The predicted molar refractivity (Wildman–Crippen MR) is 121 cm³/mol. The van der Waals surface area contributed by atoms with Crippen LogP contribution in [0.5, 0.6) is 5.75 Å². The van der Waals surface area contributed by atoms with Crippen LogP contribution >= 0.6 is 11.6 Å². The number of nitrogens with one attached hydrogen (secondary N) is 1. The third-order valence-electron chi connectivity index (χ3n) is 5.03. The van der Waals surface area contributed by atoms with E-state index in [0.29, 0.717) is 23.8 Å². The maximum Gasteiger partial charge on any atom is 0.461 e. The fourth-order valence-corrected chi connectivity index (χ4v) is 5.05. The van der Waals surface area contributed by atoms with Crippen molar-refractivity contribution in [3.63, 3.8) is 0 Å². The van der Waals surface area contributed by atoms with E-state index >= 15 is 0 Å². The van der Waals surface area contributed by atoms with Crippen LogP contribution in [-0.4, -0.2) is 37.9 Å². The minimum Gasteiger partial charge on any atom is -0.428 e. The zero-order chi connectivity index (χ0) is 28.4. The first-order valence-electron chi connectivity index (χ1n) is 10.4. The van der Waals surface area contributed by atoms with E-state index in [1.54, 1.807) is 6.07 Å². The summed E-state index contributed by atoms with van der Waals surface area (Å²) in [5.41, 5.74) is -2.96. The van der Waals surface area contributed by atoms with E-state index < -0.39 is 63.6 Å². The van der Waals surface area contributed by atoms with Crippen LogP contribution in [0, 0.1) is 5.82 Å². The number of hydrogen-bond acceptors (Lipinski definition) is 4. The molecule has 0 saturated carbocycles. The zero-order valence-electron chi connectivity index (χ0n) is 18.8. The minimum absolute atomic E-state index is 0.0420. The van der Waals surface area contributed by atoms with Gasteiger partial charge in [-0.3, -0.25) is 4.98 Å². The summed E-state index contributed by atoms with van der Waals surface area (Å²) < 4.78 is 138. The SMILES string of the molecule is O=S(=O)(CC(F)(F)F)N[C@@](Cc1ccccc1)(c1cc(F)cc(OC(F)(F)C(F)F)c1)c1ccc(Cl)cn1. The third-order valence-corrected chi connectivity index (χ3v) is 6.62. The molecule has 0 amide bonds. The van der Waals surface area contributed by atoms with Gasteiger partial charge in [-0.25, -0.2) is 12.8 Å². The Hall–Kier alpha value is -2.97. The van der Waals surface area contributed by atoms with Crippen molar-refractivity contribution in [3.05, 3.63) is 94.5 Å². The Kier molecular flexibility index (Phi) is 8.58. The highest BCUT2D eigenvalue weighted by molar-refractivity contribution is 7.89. The standard InChI is InChI=1S/C23H17ClF8N2O3S/c24-16-6-7-19(33-12-16)21(11-14-4-2-1-3-5-14,34-38(35,36)13-22(28,29)30)15-8-17(25)10-18(9-15)37-23(31,32)20(26)27/h1-10,12,20,34H,11,13H2/t21-/m0/s1. The van der Waals surface area contributed by atoms with Crippen molar-refractivity contribution in [2.75, 3.05) is 5.75 Å². The van der Waals surface area contributed by atoms with E-state index in [9.17, 15) is 43.5 Å². The Balaban J connectivity index is 2.31. The number of benzene rings is 2. The molecule has 0 aliphatic heterocycles. The second-order valence-corrected chi connectivity index (χ2v) is 10.2. The molecule has 1 heterocycles. The number of nitrogens with zero attached hydrogens (tertiary/aromatic N) is 1.